The lowest BCUT2D eigenvalue weighted by Gasteiger charge is -2.03. The lowest BCUT2D eigenvalue weighted by atomic mass is 10.5. The third kappa shape index (κ3) is 2.86. The first kappa shape index (κ1) is 14.5. The molecular formula is C11H12N4O4S3. The molecule has 118 valence electrons. The SMILES string of the molecule is O=S(=O)(Nc1nsc(C2CC2)n1)c1cnc(C2OCCO2)s1. The third-order valence-corrected chi connectivity index (χ3v) is 6.87. The number of anilines is 1. The highest BCUT2D eigenvalue weighted by Gasteiger charge is 2.29. The average Bonchev–Trinajstić information content (AvgIpc) is 2.95. The fourth-order valence-electron chi connectivity index (χ4n) is 1.95. The van der Waals surface area contributed by atoms with Gasteiger partial charge in [-0.3, -0.25) is 0 Å². The predicted octanol–water partition coefficient (Wildman–Crippen LogP) is 1.72. The van der Waals surface area contributed by atoms with E-state index in [4.69, 9.17) is 9.47 Å². The van der Waals surface area contributed by atoms with Crippen molar-refractivity contribution in [1.29, 1.82) is 0 Å². The Morgan fingerprint density at radius 1 is 1.23 bits per heavy atom. The maximum Gasteiger partial charge on any atom is 0.275 e. The molecule has 0 radical (unpaired) electrons. The monoisotopic (exact) mass is 360 g/mol. The molecule has 2 aliphatic rings. The van der Waals surface area contributed by atoms with Crippen molar-refractivity contribution in [2.45, 2.75) is 29.3 Å². The van der Waals surface area contributed by atoms with Gasteiger partial charge in [0.15, 0.2) is 9.22 Å². The molecule has 11 heteroatoms. The van der Waals surface area contributed by atoms with Gasteiger partial charge in [-0.2, -0.15) is 4.37 Å². The molecule has 4 rings (SSSR count). The van der Waals surface area contributed by atoms with Crippen molar-refractivity contribution in [2.75, 3.05) is 17.9 Å². The van der Waals surface area contributed by atoms with E-state index in [0.717, 1.165) is 29.2 Å². The quantitative estimate of drug-likeness (QED) is 0.866. The van der Waals surface area contributed by atoms with E-state index in [1.54, 1.807) is 0 Å². The van der Waals surface area contributed by atoms with Crippen LogP contribution in [0.1, 0.15) is 35.1 Å². The van der Waals surface area contributed by atoms with Crippen LogP contribution in [0.2, 0.25) is 0 Å². The van der Waals surface area contributed by atoms with Gasteiger partial charge in [0.05, 0.1) is 19.4 Å². The highest BCUT2D eigenvalue weighted by atomic mass is 32.2. The van der Waals surface area contributed by atoms with Gasteiger partial charge < -0.3 is 9.47 Å². The van der Waals surface area contributed by atoms with Crippen LogP contribution in [0.25, 0.3) is 0 Å². The Morgan fingerprint density at radius 2 is 2.00 bits per heavy atom. The maximum absolute atomic E-state index is 12.3. The molecule has 1 saturated carbocycles. The van der Waals surface area contributed by atoms with Crippen LogP contribution >= 0.6 is 22.9 Å². The third-order valence-electron chi connectivity index (χ3n) is 3.18. The summed E-state index contributed by atoms with van der Waals surface area (Å²) < 4.78 is 41.8. The minimum Gasteiger partial charge on any atom is -0.344 e. The molecule has 8 nitrogen and oxygen atoms in total. The zero-order valence-electron chi connectivity index (χ0n) is 11.3. The maximum atomic E-state index is 12.3. The average molecular weight is 360 g/mol. The molecule has 0 amide bonds. The molecular weight excluding hydrogens is 348 g/mol. The Balaban J connectivity index is 1.51. The minimum atomic E-state index is -3.74. The second-order valence-electron chi connectivity index (χ2n) is 4.93. The van der Waals surface area contributed by atoms with Crippen molar-refractivity contribution >= 4 is 38.8 Å². The van der Waals surface area contributed by atoms with Gasteiger partial charge in [0, 0.05) is 5.92 Å². The number of ether oxygens (including phenoxy) is 2. The molecule has 1 aliphatic carbocycles. The molecule has 0 spiro atoms. The molecule has 1 N–H and O–H groups in total. The molecule has 3 heterocycles. The fourth-order valence-corrected chi connectivity index (χ4v) is 4.88. The van der Waals surface area contributed by atoms with Crippen molar-refractivity contribution in [1.82, 2.24) is 14.3 Å². The van der Waals surface area contributed by atoms with E-state index < -0.39 is 16.3 Å². The first-order valence-corrected chi connectivity index (χ1v) is 9.74. The van der Waals surface area contributed by atoms with Crippen molar-refractivity contribution in [3.63, 3.8) is 0 Å². The van der Waals surface area contributed by atoms with Gasteiger partial charge in [-0.25, -0.2) is 23.1 Å². The first-order chi connectivity index (χ1) is 10.6. The van der Waals surface area contributed by atoms with Crippen molar-refractivity contribution in [2.24, 2.45) is 0 Å². The van der Waals surface area contributed by atoms with Crippen molar-refractivity contribution in [3.05, 3.63) is 16.2 Å². The van der Waals surface area contributed by atoms with Gasteiger partial charge in [0.1, 0.15) is 5.01 Å². The van der Waals surface area contributed by atoms with Gasteiger partial charge in [0.25, 0.3) is 10.0 Å². The Kier molecular flexibility index (Phi) is 3.61. The summed E-state index contributed by atoms with van der Waals surface area (Å²) in [7, 11) is -3.74. The summed E-state index contributed by atoms with van der Waals surface area (Å²) in [6.45, 7) is 0.967. The van der Waals surface area contributed by atoms with Crippen molar-refractivity contribution in [3.8, 4) is 0 Å². The van der Waals surface area contributed by atoms with Crippen LogP contribution in [-0.4, -0.2) is 36.0 Å². The number of aromatic nitrogens is 3. The van der Waals surface area contributed by atoms with E-state index >= 15 is 0 Å². The molecule has 2 aromatic rings. The second kappa shape index (κ2) is 5.49. The lowest BCUT2D eigenvalue weighted by Crippen LogP contribution is -2.12. The summed E-state index contributed by atoms with van der Waals surface area (Å²) in [5.41, 5.74) is 0. The number of hydrogen-bond donors (Lipinski definition) is 1. The highest BCUT2D eigenvalue weighted by Crippen LogP contribution is 2.41. The molecule has 2 fully saturated rings. The zero-order chi connectivity index (χ0) is 15.2. The first-order valence-electron chi connectivity index (χ1n) is 6.67. The van der Waals surface area contributed by atoms with E-state index in [9.17, 15) is 8.42 Å². The number of nitrogens with one attached hydrogen (secondary N) is 1. The largest absolute Gasteiger partial charge is 0.344 e. The standard InChI is InChI=1S/C11H12N4O4S3/c16-22(17,15-11-13-8(21-14-11)6-1-2-6)7-5-12-9(20-7)10-18-3-4-19-10/h5-6,10H,1-4H2,(H,14,15). The molecule has 1 aliphatic heterocycles. The Bertz CT molecular complexity index is 777. The van der Waals surface area contributed by atoms with Crippen LogP contribution < -0.4 is 4.72 Å². The van der Waals surface area contributed by atoms with E-state index in [1.165, 1.54) is 17.7 Å². The summed E-state index contributed by atoms with van der Waals surface area (Å²) in [6, 6.07) is 0. The summed E-state index contributed by atoms with van der Waals surface area (Å²) in [6.07, 6.45) is 2.91. The number of hydrogen-bond acceptors (Lipinski definition) is 9. The molecule has 2 aromatic heterocycles. The lowest BCUT2D eigenvalue weighted by molar-refractivity contribution is -0.0442. The summed E-state index contributed by atoms with van der Waals surface area (Å²) >= 11 is 2.26. The van der Waals surface area contributed by atoms with E-state index in [1.807, 2.05) is 0 Å². The van der Waals surface area contributed by atoms with E-state index in [-0.39, 0.29) is 10.2 Å². The number of nitrogens with zero attached hydrogens (tertiary/aromatic N) is 3. The van der Waals surface area contributed by atoms with E-state index in [0.29, 0.717) is 24.1 Å². The summed E-state index contributed by atoms with van der Waals surface area (Å²) in [5, 5.41) is 1.37. The van der Waals surface area contributed by atoms with Crippen LogP contribution in [0.4, 0.5) is 5.95 Å². The molecule has 0 atom stereocenters. The molecule has 0 bridgehead atoms. The molecule has 22 heavy (non-hydrogen) atoms. The number of rotatable bonds is 5. The zero-order valence-corrected chi connectivity index (χ0v) is 13.7. The van der Waals surface area contributed by atoms with Crippen LogP contribution in [0, 0.1) is 0 Å². The second-order valence-corrected chi connectivity index (χ2v) is 8.68. The van der Waals surface area contributed by atoms with Gasteiger partial charge in [-0.05, 0) is 24.4 Å². The normalized spacial score (nSPS) is 19.6. The van der Waals surface area contributed by atoms with Crippen LogP contribution in [0.5, 0.6) is 0 Å². The smallest absolute Gasteiger partial charge is 0.275 e. The topological polar surface area (TPSA) is 103 Å². The van der Waals surface area contributed by atoms with Gasteiger partial charge >= 0.3 is 0 Å². The molecule has 0 aromatic carbocycles. The van der Waals surface area contributed by atoms with Crippen LogP contribution in [-0.2, 0) is 19.5 Å². The van der Waals surface area contributed by atoms with Gasteiger partial charge in [-0.1, -0.05) is 0 Å². The number of thiazole rings is 1. The molecule has 0 unspecified atom stereocenters. The Labute approximate surface area is 134 Å². The Hall–Kier alpha value is -1.14. The molecule has 1 saturated heterocycles. The van der Waals surface area contributed by atoms with Crippen LogP contribution in [0.15, 0.2) is 10.4 Å². The number of sulfonamides is 1. The summed E-state index contributed by atoms with van der Waals surface area (Å²) in [5.74, 6) is 0.567. The van der Waals surface area contributed by atoms with Crippen LogP contribution in [0.3, 0.4) is 0 Å². The Morgan fingerprint density at radius 3 is 2.73 bits per heavy atom. The van der Waals surface area contributed by atoms with Crippen molar-refractivity contribution < 1.29 is 17.9 Å². The van der Waals surface area contributed by atoms with Gasteiger partial charge in [0.2, 0.25) is 12.2 Å². The minimum absolute atomic E-state index is 0.0874. The van der Waals surface area contributed by atoms with E-state index in [2.05, 4.69) is 19.1 Å². The highest BCUT2D eigenvalue weighted by molar-refractivity contribution is 7.94. The summed E-state index contributed by atoms with van der Waals surface area (Å²) in [4.78, 5) is 8.28. The fraction of sp³-hybridized carbons (Fsp3) is 0.545. The predicted molar refractivity (Wildman–Crippen MR) is 79.5 cm³/mol. The van der Waals surface area contributed by atoms with Gasteiger partial charge in [-0.15, -0.1) is 11.3 Å².